The lowest BCUT2D eigenvalue weighted by Gasteiger charge is -2.17. The molecule has 0 N–H and O–H groups in total. The maximum atomic E-state index is 12.0. The summed E-state index contributed by atoms with van der Waals surface area (Å²) in [5, 5.41) is 0. The van der Waals surface area contributed by atoms with E-state index in [1.165, 1.54) is 12.3 Å². The monoisotopic (exact) mass is 304 g/mol. The van der Waals surface area contributed by atoms with E-state index in [1.54, 1.807) is 32.9 Å². The van der Waals surface area contributed by atoms with Gasteiger partial charge in [-0.1, -0.05) is 0 Å². The number of esters is 2. The van der Waals surface area contributed by atoms with Crippen LogP contribution < -0.4 is 0 Å². The molecule has 6 nitrogen and oxygen atoms in total. The van der Waals surface area contributed by atoms with Gasteiger partial charge >= 0.3 is 11.9 Å². The van der Waals surface area contributed by atoms with Crippen molar-refractivity contribution in [3.05, 3.63) is 41.4 Å². The Morgan fingerprint density at radius 1 is 1.36 bits per heavy atom. The fourth-order valence-electron chi connectivity index (χ4n) is 1.93. The summed E-state index contributed by atoms with van der Waals surface area (Å²) in [6.07, 6.45) is 4.03. The Hall–Kier alpha value is -2.63. The summed E-state index contributed by atoms with van der Waals surface area (Å²) in [6, 6.07) is 3.34. The van der Waals surface area contributed by atoms with Crippen LogP contribution in [0.3, 0.4) is 0 Å². The van der Waals surface area contributed by atoms with Gasteiger partial charge in [0.1, 0.15) is 16.9 Å². The molecule has 0 atom stereocenters. The van der Waals surface area contributed by atoms with Gasteiger partial charge in [-0.25, -0.2) is 9.59 Å². The molecule has 0 bridgehead atoms. The van der Waals surface area contributed by atoms with Crippen molar-refractivity contribution in [2.75, 3.05) is 6.61 Å². The van der Waals surface area contributed by atoms with Crippen molar-refractivity contribution in [3.63, 3.8) is 0 Å². The van der Waals surface area contributed by atoms with Crippen molar-refractivity contribution in [1.82, 2.24) is 0 Å². The molecule has 22 heavy (non-hydrogen) atoms. The van der Waals surface area contributed by atoms with Crippen molar-refractivity contribution < 1.29 is 28.3 Å². The molecule has 0 fully saturated rings. The molecule has 0 aromatic carbocycles. The molecule has 0 spiro atoms. The number of hydrogen-bond donors (Lipinski definition) is 0. The van der Waals surface area contributed by atoms with Crippen LogP contribution in [0.1, 0.15) is 26.5 Å². The molecule has 1 aliphatic rings. The van der Waals surface area contributed by atoms with E-state index in [-0.39, 0.29) is 5.57 Å². The zero-order chi connectivity index (χ0) is 16.3. The van der Waals surface area contributed by atoms with E-state index in [2.05, 4.69) is 0 Å². The average Bonchev–Trinajstić information content (AvgIpc) is 3.01. The van der Waals surface area contributed by atoms with E-state index in [9.17, 15) is 14.4 Å². The van der Waals surface area contributed by atoms with E-state index in [0.29, 0.717) is 11.3 Å². The summed E-state index contributed by atoms with van der Waals surface area (Å²) in [7, 11) is 0. The predicted octanol–water partition coefficient (Wildman–Crippen LogP) is 2.06. The van der Waals surface area contributed by atoms with Gasteiger partial charge in [-0.3, -0.25) is 4.79 Å². The molecule has 2 heterocycles. The highest BCUT2D eigenvalue weighted by Crippen LogP contribution is 2.32. The van der Waals surface area contributed by atoms with Crippen molar-refractivity contribution in [2.24, 2.45) is 0 Å². The Morgan fingerprint density at radius 2 is 2.09 bits per heavy atom. The van der Waals surface area contributed by atoms with E-state index in [4.69, 9.17) is 13.9 Å². The van der Waals surface area contributed by atoms with Crippen LogP contribution >= 0.6 is 0 Å². The van der Waals surface area contributed by atoms with Crippen LogP contribution in [0.15, 0.2) is 40.0 Å². The summed E-state index contributed by atoms with van der Waals surface area (Å²) in [4.78, 5) is 35.2. The van der Waals surface area contributed by atoms with Crippen molar-refractivity contribution >= 4 is 23.8 Å². The number of rotatable bonds is 5. The molecule has 0 radical (unpaired) electrons. The number of carbonyl (C=O) groups is 3. The van der Waals surface area contributed by atoms with E-state index < -0.39 is 29.9 Å². The molecular weight excluding hydrogens is 288 g/mol. The SMILES string of the molecule is CC1=C(C(=O)COC(=O)/C=C/c2ccco2)C(=O)OC1(C)C. The van der Waals surface area contributed by atoms with Crippen molar-refractivity contribution in [2.45, 2.75) is 26.4 Å². The first-order valence-corrected chi connectivity index (χ1v) is 6.67. The maximum Gasteiger partial charge on any atom is 0.342 e. The van der Waals surface area contributed by atoms with Crippen LogP contribution in [-0.4, -0.2) is 29.9 Å². The van der Waals surface area contributed by atoms with Gasteiger partial charge in [0, 0.05) is 6.08 Å². The molecule has 1 aromatic rings. The highest BCUT2D eigenvalue weighted by molar-refractivity contribution is 6.20. The number of ketones is 1. The Bertz CT molecular complexity index is 661. The maximum absolute atomic E-state index is 12.0. The smallest absolute Gasteiger partial charge is 0.342 e. The number of cyclic esters (lactones) is 1. The van der Waals surface area contributed by atoms with Crippen LogP contribution in [0, 0.1) is 0 Å². The quantitative estimate of drug-likeness (QED) is 0.470. The van der Waals surface area contributed by atoms with Crippen LogP contribution in [0.25, 0.3) is 6.08 Å². The largest absolute Gasteiger partial charge is 0.465 e. The molecule has 1 aliphatic heterocycles. The molecule has 0 amide bonds. The number of furan rings is 1. The Balaban J connectivity index is 1.94. The van der Waals surface area contributed by atoms with Gasteiger partial charge in [-0.15, -0.1) is 0 Å². The van der Waals surface area contributed by atoms with Crippen molar-refractivity contribution in [1.29, 1.82) is 0 Å². The average molecular weight is 304 g/mol. The molecule has 116 valence electrons. The molecule has 0 unspecified atom stereocenters. The summed E-state index contributed by atoms with van der Waals surface area (Å²) < 4.78 is 14.9. The second-order valence-electron chi connectivity index (χ2n) is 5.28. The lowest BCUT2D eigenvalue weighted by molar-refractivity contribution is -0.147. The van der Waals surface area contributed by atoms with Crippen LogP contribution in [0.2, 0.25) is 0 Å². The third-order valence-electron chi connectivity index (χ3n) is 3.38. The first kappa shape index (κ1) is 15.8. The third-order valence-corrected chi connectivity index (χ3v) is 3.38. The van der Waals surface area contributed by atoms with Crippen LogP contribution in [0.5, 0.6) is 0 Å². The van der Waals surface area contributed by atoms with Gasteiger partial charge in [-0.05, 0) is 44.6 Å². The fraction of sp³-hybridized carbons (Fsp3) is 0.312. The van der Waals surface area contributed by atoms with E-state index in [0.717, 1.165) is 6.08 Å². The molecular formula is C16H16O6. The first-order valence-electron chi connectivity index (χ1n) is 6.67. The Labute approximate surface area is 127 Å². The molecule has 0 aliphatic carbocycles. The summed E-state index contributed by atoms with van der Waals surface area (Å²) in [5.41, 5.74) is -0.330. The highest BCUT2D eigenvalue weighted by Gasteiger charge is 2.40. The number of carbonyl (C=O) groups excluding carboxylic acids is 3. The Morgan fingerprint density at radius 3 is 2.64 bits per heavy atom. The van der Waals surface area contributed by atoms with Gasteiger partial charge in [0.2, 0.25) is 5.78 Å². The highest BCUT2D eigenvalue weighted by atomic mass is 16.6. The lowest BCUT2D eigenvalue weighted by atomic mass is 9.96. The summed E-state index contributed by atoms with van der Waals surface area (Å²) in [6.45, 7) is 4.52. The van der Waals surface area contributed by atoms with Crippen molar-refractivity contribution in [3.8, 4) is 0 Å². The molecule has 1 aromatic heterocycles. The number of Topliss-reactive ketones (excluding diaryl/α,β-unsaturated/α-hetero) is 1. The van der Waals surface area contributed by atoms with Crippen LogP contribution in [-0.2, 0) is 23.9 Å². The topological polar surface area (TPSA) is 82.8 Å². The molecule has 0 saturated carbocycles. The number of ether oxygens (including phenoxy) is 2. The normalized spacial score (nSPS) is 17.0. The predicted molar refractivity (Wildman–Crippen MR) is 76.6 cm³/mol. The third kappa shape index (κ3) is 3.33. The second kappa shape index (κ2) is 6.01. The molecule has 0 saturated heterocycles. The standard InChI is InChI=1S/C16H16O6/c1-10-14(15(19)22-16(10,2)3)12(17)9-21-13(18)7-6-11-5-4-8-20-11/h4-8H,9H2,1-3H3/b7-6+. The minimum absolute atomic E-state index is 0.0483. The van der Waals surface area contributed by atoms with E-state index in [1.807, 2.05) is 0 Å². The van der Waals surface area contributed by atoms with Gasteiger partial charge < -0.3 is 13.9 Å². The van der Waals surface area contributed by atoms with Gasteiger partial charge in [0.25, 0.3) is 0 Å². The van der Waals surface area contributed by atoms with Gasteiger partial charge in [0.05, 0.1) is 6.26 Å². The molecule has 6 heteroatoms. The lowest BCUT2D eigenvalue weighted by Crippen LogP contribution is -2.21. The number of hydrogen-bond acceptors (Lipinski definition) is 6. The zero-order valence-corrected chi connectivity index (χ0v) is 12.5. The van der Waals surface area contributed by atoms with Gasteiger partial charge in [0.15, 0.2) is 6.61 Å². The Kier molecular flexibility index (Phi) is 4.30. The fourth-order valence-corrected chi connectivity index (χ4v) is 1.93. The summed E-state index contributed by atoms with van der Waals surface area (Å²) >= 11 is 0. The van der Waals surface area contributed by atoms with Gasteiger partial charge in [-0.2, -0.15) is 0 Å². The zero-order valence-electron chi connectivity index (χ0n) is 12.5. The van der Waals surface area contributed by atoms with Crippen LogP contribution in [0.4, 0.5) is 0 Å². The minimum Gasteiger partial charge on any atom is -0.465 e. The molecule has 2 rings (SSSR count). The second-order valence-corrected chi connectivity index (χ2v) is 5.28. The van der Waals surface area contributed by atoms with E-state index >= 15 is 0 Å². The summed E-state index contributed by atoms with van der Waals surface area (Å²) in [5.74, 6) is -1.47. The first-order chi connectivity index (χ1) is 10.3. The minimum atomic E-state index is -0.814.